The second-order valence-electron chi connectivity index (χ2n) is 5.26. The molecule has 4 N–H and O–H groups in total. The van der Waals surface area contributed by atoms with Crippen LogP contribution in [0.3, 0.4) is 0 Å². The lowest BCUT2D eigenvalue weighted by Gasteiger charge is -2.31. The fourth-order valence-electron chi connectivity index (χ4n) is 2.10. The molecule has 1 unspecified atom stereocenters. The SMILES string of the molecule is CNC(=O)NC(=O)C(C)N(Cc1cccc(N)c1)C(C)C. The minimum Gasteiger partial charge on any atom is -0.399 e. The predicted octanol–water partition coefficient (Wildman–Crippen LogP) is 1.32. The van der Waals surface area contributed by atoms with Gasteiger partial charge in [0.05, 0.1) is 6.04 Å². The van der Waals surface area contributed by atoms with Crippen LogP contribution in [-0.2, 0) is 11.3 Å². The van der Waals surface area contributed by atoms with Crippen molar-refractivity contribution in [2.75, 3.05) is 12.8 Å². The largest absolute Gasteiger partial charge is 0.399 e. The lowest BCUT2D eigenvalue weighted by Crippen LogP contribution is -2.50. The third kappa shape index (κ3) is 5.07. The van der Waals surface area contributed by atoms with E-state index in [0.717, 1.165) is 5.56 Å². The van der Waals surface area contributed by atoms with Crippen molar-refractivity contribution < 1.29 is 9.59 Å². The van der Waals surface area contributed by atoms with Gasteiger partial charge in [0.1, 0.15) is 0 Å². The van der Waals surface area contributed by atoms with Crippen molar-refractivity contribution in [2.24, 2.45) is 0 Å². The van der Waals surface area contributed by atoms with Gasteiger partial charge in [0.15, 0.2) is 0 Å². The van der Waals surface area contributed by atoms with E-state index >= 15 is 0 Å². The molecule has 0 saturated carbocycles. The minimum atomic E-state index is -0.500. The smallest absolute Gasteiger partial charge is 0.321 e. The number of hydrogen-bond acceptors (Lipinski definition) is 4. The van der Waals surface area contributed by atoms with E-state index in [4.69, 9.17) is 5.73 Å². The van der Waals surface area contributed by atoms with Gasteiger partial charge in [0.2, 0.25) is 5.91 Å². The van der Waals surface area contributed by atoms with Crippen molar-refractivity contribution >= 4 is 17.6 Å². The Morgan fingerprint density at radius 3 is 2.48 bits per heavy atom. The summed E-state index contributed by atoms with van der Waals surface area (Å²) in [7, 11) is 1.47. The van der Waals surface area contributed by atoms with Crippen molar-refractivity contribution in [2.45, 2.75) is 39.4 Å². The second kappa shape index (κ2) is 7.64. The number of amides is 3. The fourth-order valence-corrected chi connectivity index (χ4v) is 2.10. The average molecular weight is 292 g/mol. The van der Waals surface area contributed by atoms with Crippen molar-refractivity contribution in [1.82, 2.24) is 15.5 Å². The normalized spacial score (nSPS) is 12.3. The Morgan fingerprint density at radius 1 is 1.29 bits per heavy atom. The summed E-state index contributed by atoms with van der Waals surface area (Å²) in [5.41, 5.74) is 7.50. The molecular weight excluding hydrogens is 268 g/mol. The van der Waals surface area contributed by atoms with Crippen LogP contribution in [0.5, 0.6) is 0 Å². The van der Waals surface area contributed by atoms with Crippen LogP contribution in [0.15, 0.2) is 24.3 Å². The number of nitrogens with one attached hydrogen (secondary N) is 2. The number of nitrogen functional groups attached to an aromatic ring is 1. The molecule has 1 aromatic carbocycles. The van der Waals surface area contributed by atoms with Crippen molar-refractivity contribution in [1.29, 1.82) is 0 Å². The van der Waals surface area contributed by atoms with Crippen molar-refractivity contribution in [3.8, 4) is 0 Å². The number of urea groups is 1. The Hall–Kier alpha value is -2.08. The quantitative estimate of drug-likeness (QED) is 0.714. The molecule has 0 saturated heterocycles. The standard InChI is InChI=1S/C15H24N4O2/c1-10(2)19(9-12-6-5-7-13(16)8-12)11(3)14(20)18-15(21)17-4/h5-8,10-11H,9,16H2,1-4H3,(H2,17,18,20,21). The van der Waals surface area contributed by atoms with E-state index in [2.05, 4.69) is 10.6 Å². The third-order valence-corrected chi connectivity index (χ3v) is 3.32. The van der Waals surface area contributed by atoms with Gasteiger partial charge in [-0.2, -0.15) is 0 Å². The lowest BCUT2D eigenvalue weighted by atomic mass is 10.1. The highest BCUT2D eigenvalue weighted by atomic mass is 16.2. The number of benzene rings is 1. The van der Waals surface area contributed by atoms with E-state index in [9.17, 15) is 9.59 Å². The lowest BCUT2D eigenvalue weighted by molar-refractivity contribution is -0.125. The van der Waals surface area contributed by atoms with E-state index in [1.165, 1.54) is 7.05 Å². The monoisotopic (exact) mass is 292 g/mol. The molecule has 21 heavy (non-hydrogen) atoms. The maximum absolute atomic E-state index is 12.1. The molecule has 0 fully saturated rings. The molecule has 0 aliphatic carbocycles. The van der Waals surface area contributed by atoms with E-state index in [1.807, 2.05) is 43.0 Å². The molecule has 0 spiro atoms. The van der Waals surface area contributed by atoms with Gasteiger partial charge in [0, 0.05) is 25.3 Å². The van der Waals surface area contributed by atoms with Crippen LogP contribution in [0.4, 0.5) is 10.5 Å². The summed E-state index contributed by atoms with van der Waals surface area (Å²) in [5, 5.41) is 4.68. The first-order chi connectivity index (χ1) is 9.85. The Balaban J connectivity index is 2.81. The molecule has 0 aliphatic heterocycles. The fraction of sp³-hybridized carbons (Fsp3) is 0.467. The Labute approximate surface area is 125 Å². The van der Waals surface area contributed by atoms with E-state index < -0.39 is 12.1 Å². The Bertz CT molecular complexity index is 502. The molecule has 6 nitrogen and oxygen atoms in total. The van der Waals surface area contributed by atoms with Crippen LogP contribution in [0.1, 0.15) is 26.3 Å². The van der Waals surface area contributed by atoms with Crippen LogP contribution < -0.4 is 16.4 Å². The van der Waals surface area contributed by atoms with Crippen LogP contribution >= 0.6 is 0 Å². The van der Waals surface area contributed by atoms with Gasteiger partial charge in [-0.1, -0.05) is 12.1 Å². The molecule has 0 bridgehead atoms. The molecule has 6 heteroatoms. The minimum absolute atomic E-state index is 0.150. The average Bonchev–Trinajstić information content (AvgIpc) is 2.43. The van der Waals surface area contributed by atoms with Gasteiger partial charge in [-0.15, -0.1) is 0 Å². The zero-order valence-electron chi connectivity index (χ0n) is 13.0. The summed E-state index contributed by atoms with van der Waals surface area (Å²) in [5.74, 6) is -0.327. The molecule has 3 amide bonds. The van der Waals surface area contributed by atoms with Crippen LogP contribution in [0, 0.1) is 0 Å². The summed E-state index contributed by atoms with van der Waals surface area (Å²) in [6, 6.07) is 6.79. The van der Waals surface area contributed by atoms with E-state index in [1.54, 1.807) is 6.92 Å². The predicted molar refractivity (Wildman–Crippen MR) is 83.6 cm³/mol. The first kappa shape index (κ1) is 17.0. The van der Waals surface area contributed by atoms with E-state index in [-0.39, 0.29) is 11.9 Å². The zero-order chi connectivity index (χ0) is 16.0. The first-order valence-electron chi connectivity index (χ1n) is 6.98. The molecule has 0 heterocycles. The Kier molecular flexibility index (Phi) is 6.17. The maximum atomic E-state index is 12.1. The van der Waals surface area contributed by atoms with Crippen molar-refractivity contribution in [3.05, 3.63) is 29.8 Å². The van der Waals surface area contributed by atoms with Gasteiger partial charge in [0.25, 0.3) is 0 Å². The highest BCUT2D eigenvalue weighted by Crippen LogP contribution is 2.14. The molecule has 1 atom stereocenters. The number of anilines is 1. The number of carbonyl (C=O) groups excluding carboxylic acids is 2. The van der Waals surface area contributed by atoms with Crippen LogP contribution in [0.2, 0.25) is 0 Å². The number of carbonyl (C=O) groups is 2. The highest BCUT2D eigenvalue weighted by Gasteiger charge is 2.24. The second-order valence-corrected chi connectivity index (χ2v) is 5.26. The number of nitrogens with two attached hydrogens (primary N) is 1. The summed E-state index contributed by atoms with van der Waals surface area (Å²) in [4.78, 5) is 25.3. The Morgan fingerprint density at radius 2 is 1.95 bits per heavy atom. The summed E-state index contributed by atoms with van der Waals surface area (Å²) in [6.45, 7) is 6.39. The van der Waals surface area contributed by atoms with E-state index in [0.29, 0.717) is 12.2 Å². The topological polar surface area (TPSA) is 87.5 Å². The summed E-state index contributed by atoms with van der Waals surface area (Å²) in [6.07, 6.45) is 0. The van der Waals surface area contributed by atoms with Gasteiger partial charge in [-0.05, 0) is 38.5 Å². The van der Waals surface area contributed by atoms with Gasteiger partial charge in [-0.3, -0.25) is 15.0 Å². The summed E-state index contributed by atoms with van der Waals surface area (Å²) >= 11 is 0. The van der Waals surface area contributed by atoms with Crippen molar-refractivity contribution in [3.63, 3.8) is 0 Å². The number of nitrogens with zero attached hydrogens (tertiary/aromatic N) is 1. The number of imide groups is 1. The van der Waals surface area contributed by atoms with Crippen LogP contribution in [0.25, 0.3) is 0 Å². The molecule has 0 aliphatic rings. The third-order valence-electron chi connectivity index (χ3n) is 3.32. The molecule has 0 radical (unpaired) electrons. The molecule has 0 aromatic heterocycles. The number of hydrogen-bond donors (Lipinski definition) is 3. The van der Waals surface area contributed by atoms with Crippen LogP contribution in [-0.4, -0.2) is 36.0 Å². The summed E-state index contributed by atoms with van der Waals surface area (Å²) < 4.78 is 0. The number of rotatable bonds is 5. The molecule has 116 valence electrons. The zero-order valence-corrected chi connectivity index (χ0v) is 13.0. The van der Waals surface area contributed by atoms with Gasteiger partial charge >= 0.3 is 6.03 Å². The highest BCUT2D eigenvalue weighted by molar-refractivity contribution is 5.96. The van der Waals surface area contributed by atoms with Gasteiger partial charge < -0.3 is 11.1 Å². The molecule has 1 rings (SSSR count). The first-order valence-corrected chi connectivity index (χ1v) is 6.98. The molecular formula is C15H24N4O2. The molecule has 1 aromatic rings. The maximum Gasteiger partial charge on any atom is 0.321 e. The van der Waals surface area contributed by atoms with Gasteiger partial charge in [-0.25, -0.2) is 4.79 Å².